The summed E-state index contributed by atoms with van der Waals surface area (Å²) in [6, 6.07) is 3.51. The molecule has 2 rings (SSSR count). The van der Waals surface area contributed by atoms with E-state index in [2.05, 4.69) is 37.5 Å². The number of nitrogens with one attached hydrogen (secondary N) is 1. The van der Waals surface area contributed by atoms with E-state index in [1.807, 2.05) is 11.3 Å². The van der Waals surface area contributed by atoms with E-state index in [9.17, 15) is 0 Å². The second-order valence-electron chi connectivity index (χ2n) is 4.63. The molecular weight excluding hydrogens is 190 g/mol. The van der Waals surface area contributed by atoms with Crippen LogP contribution in [0.2, 0.25) is 0 Å². The highest BCUT2D eigenvalue weighted by Crippen LogP contribution is 2.30. The fourth-order valence-corrected chi connectivity index (χ4v) is 3.24. The summed E-state index contributed by atoms with van der Waals surface area (Å²) in [7, 11) is 0. The zero-order valence-electron chi connectivity index (χ0n) is 9.21. The summed E-state index contributed by atoms with van der Waals surface area (Å²) >= 11 is 1.87. The molecule has 1 N–H and O–H groups in total. The Bertz CT molecular complexity index is 299. The van der Waals surface area contributed by atoms with E-state index in [4.69, 9.17) is 0 Å². The van der Waals surface area contributed by atoms with Gasteiger partial charge in [-0.3, -0.25) is 0 Å². The van der Waals surface area contributed by atoms with Crippen molar-refractivity contribution in [3.63, 3.8) is 0 Å². The zero-order chi connectivity index (χ0) is 10.1. The molecule has 1 fully saturated rings. The van der Waals surface area contributed by atoms with Crippen LogP contribution < -0.4 is 5.32 Å². The van der Waals surface area contributed by atoms with Crippen molar-refractivity contribution in [2.24, 2.45) is 5.92 Å². The quantitative estimate of drug-likeness (QED) is 0.803. The smallest absolute Gasteiger partial charge is 0.0390 e. The number of rotatable bonds is 3. The summed E-state index contributed by atoms with van der Waals surface area (Å²) in [5.74, 6) is 0.934. The van der Waals surface area contributed by atoms with Gasteiger partial charge in [-0.2, -0.15) is 0 Å². The molecule has 1 nitrogen and oxygen atoms in total. The molecule has 0 amide bonds. The normalized spacial score (nSPS) is 28.5. The van der Waals surface area contributed by atoms with Gasteiger partial charge in [0.05, 0.1) is 0 Å². The first-order valence-corrected chi connectivity index (χ1v) is 6.35. The van der Waals surface area contributed by atoms with Gasteiger partial charge in [0.15, 0.2) is 0 Å². The molecule has 0 aromatic carbocycles. The van der Waals surface area contributed by atoms with E-state index in [1.165, 1.54) is 23.3 Å². The van der Waals surface area contributed by atoms with Crippen LogP contribution in [0.15, 0.2) is 11.4 Å². The minimum Gasteiger partial charge on any atom is -0.307 e. The van der Waals surface area contributed by atoms with Gasteiger partial charge in [-0.1, -0.05) is 6.92 Å². The highest BCUT2D eigenvalue weighted by atomic mass is 32.1. The number of thiophene rings is 1. The first-order chi connectivity index (χ1) is 6.66. The summed E-state index contributed by atoms with van der Waals surface area (Å²) < 4.78 is 0. The van der Waals surface area contributed by atoms with E-state index in [0.29, 0.717) is 6.04 Å². The van der Waals surface area contributed by atoms with Crippen molar-refractivity contribution in [2.75, 3.05) is 0 Å². The molecule has 0 aliphatic heterocycles. The van der Waals surface area contributed by atoms with E-state index in [1.54, 1.807) is 0 Å². The molecule has 78 valence electrons. The lowest BCUT2D eigenvalue weighted by Gasteiger charge is -2.35. The Morgan fingerprint density at radius 2 is 2.21 bits per heavy atom. The molecule has 1 unspecified atom stereocenters. The Kier molecular flexibility index (Phi) is 2.93. The lowest BCUT2D eigenvalue weighted by molar-refractivity contribution is 0.227. The van der Waals surface area contributed by atoms with Gasteiger partial charge in [0.2, 0.25) is 0 Å². The van der Waals surface area contributed by atoms with E-state index < -0.39 is 0 Å². The SMILES string of the molecule is Cc1ccsc1C(C)NC1CC(C)C1. The number of hydrogen-bond donors (Lipinski definition) is 1. The molecule has 0 spiro atoms. The molecule has 1 aromatic heterocycles. The highest BCUT2D eigenvalue weighted by Gasteiger charge is 2.26. The van der Waals surface area contributed by atoms with E-state index in [-0.39, 0.29) is 0 Å². The van der Waals surface area contributed by atoms with Gasteiger partial charge in [0, 0.05) is 17.0 Å². The van der Waals surface area contributed by atoms with E-state index in [0.717, 1.165) is 12.0 Å². The Labute approximate surface area is 90.5 Å². The third-order valence-corrected chi connectivity index (χ3v) is 4.36. The van der Waals surface area contributed by atoms with Crippen LogP contribution in [0, 0.1) is 12.8 Å². The van der Waals surface area contributed by atoms with Crippen LogP contribution in [0.1, 0.15) is 43.2 Å². The predicted molar refractivity (Wildman–Crippen MR) is 62.8 cm³/mol. The first kappa shape index (κ1) is 10.2. The van der Waals surface area contributed by atoms with Gasteiger partial charge in [-0.25, -0.2) is 0 Å². The number of hydrogen-bond acceptors (Lipinski definition) is 2. The Hall–Kier alpha value is -0.340. The third kappa shape index (κ3) is 2.01. The maximum absolute atomic E-state index is 3.70. The third-order valence-electron chi connectivity index (χ3n) is 3.15. The zero-order valence-corrected chi connectivity index (χ0v) is 10.0. The van der Waals surface area contributed by atoms with Crippen LogP contribution in [0.5, 0.6) is 0 Å². The summed E-state index contributed by atoms with van der Waals surface area (Å²) in [5, 5.41) is 5.89. The largest absolute Gasteiger partial charge is 0.307 e. The van der Waals surface area contributed by atoms with Crippen molar-refractivity contribution < 1.29 is 0 Å². The van der Waals surface area contributed by atoms with Gasteiger partial charge in [-0.05, 0) is 49.6 Å². The fourth-order valence-electron chi connectivity index (χ4n) is 2.30. The molecule has 2 heteroatoms. The standard InChI is InChI=1S/C12H19NS/c1-8-6-11(7-8)13-10(3)12-9(2)4-5-14-12/h4-5,8,10-11,13H,6-7H2,1-3H3. The van der Waals surface area contributed by atoms with Crippen molar-refractivity contribution in [3.05, 3.63) is 21.9 Å². The van der Waals surface area contributed by atoms with Crippen LogP contribution in [0.4, 0.5) is 0 Å². The van der Waals surface area contributed by atoms with Crippen molar-refractivity contribution in [2.45, 2.75) is 45.7 Å². The average molecular weight is 209 g/mol. The van der Waals surface area contributed by atoms with Gasteiger partial charge in [-0.15, -0.1) is 11.3 Å². The summed E-state index contributed by atoms with van der Waals surface area (Å²) in [6.45, 7) is 6.81. The Balaban J connectivity index is 1.90. The molecule has 1 aliphatic rings. The monoisotopic (exact) mass is 209 g/mol. The topological polar surface area (TPSA) is 12.0 Å². The first-order valence-electron chi connectivity index (χ1n) is 5.47. The lowest BCUT2D eigenvalue weighted by atomic mass is 9.81. The van der Waals surface area contributed by atoms with Crippen LogP contribution in [-0.4, -0.2) is 6.04 Å². The summed E-state index contributed by atoms with van der Waals surface area (Å²) in [5.41, 5.74) is 1.43. The predicted octanol–water partition coefficient (Wildman–Crippen LogP) is 3.51. The minimum absolute atomic E-state index is 0.535. The Morgan fingerprint density at radius 1 is 1.50 bits per heavy atom. The second kappa shape index (κ2) is 4.03. The Morgan fingerprint density at radius 3 is 2.71 bits per heavy atom. The second-order valence-corrected chi connectivity index (χ2v) is 5.58. The maximum atomic E-state index is 3.70. The number of aryl methyl sites for hydroxylation is 1. The molecule has 1 aliphatic carbocycles. The minimum atomic E-state index is 0.535. The van der Waals surface area contributed by atoms with Crippen LogP contribution in [-0.2, 0) is 0 Å². The molecular formula is C12H19NS. The van der Waals surface area contributed by atoms with E-state index >= 15 is 0 Å². The van der Waals surface area contributed by atoms with Crippen molar-refractivity contribution in [1.82, 2.24) is 5.32 Å². The molecule has 1 saturated carbocycles. The molecule has 14 heavy (non-hydrogen) atoms. The fraction of sp³-hybridized carbons (Fsp3) is 0.667. The van der Waals surface area contributed by atoms with Crippen molar-refractivity contribution in [3.8, 4) is 0 Å². The van der Waals surface area contributed by atoms with Gasteiger partial charge < -0.3 is 5.32 Å². The molecule has 0 radical (unpaired) electrons. The van der Waals surface area contributed by atoms with Crippen LogP contribution >= 0.6 is 11.3 Å². The van der Waals surface area contributed by atoms with Crippen molar-refractivity contribution in [1.29, 1.82) is 0 Å². The molecule has 0 saturated heterocycles. The average Bonchev–Trinajstić information content (AvgIpc) is 2.48. The molecule has 0 bridgehead atoms. The van der Waals surface area contributed by atoms with Gasteiger partial charge >= 0.3 is 0 Å². The van der Waals surface area contributed by atoms with Gasteiger partial charge in [0.1, 0.15) is 0 Å². The van der Waals surface area contributed by atoms with Gasteiger partial charge in [0.25, 0.3) is 0 Å². The molecule has 1 atom stereocenters. The highest BCUT2D eigenvalue weighted by molar-refractivity contribution is 7.10. The van der Waals surface area contributed by atoms with Crippen LogP contribution in [0.25, 0.3) is 0 Å². The van der Waals surface area contributed by atoms with Crippen LogP contribution in [0.3, 0.4) is 0 Å². The lowest BCUT2D eigenvalue weighted by Crippen LogP contribution is -2.41. The van der Waals surface area contributed by atoms with Crippen molar-refractivity contribution >= 4 is 11.3 Å². The summed E-state index contributed by atoms with van der Waals surface area (Å²) in [4.78, 5) is 1.50. The maximum Gasteiger partial charge on any atom is 0.0390 e. The summed E-state index contributed by atoms with van der Waals surface area (Å²) in [6.07, 6.45) is 2.71. The molecule has 1 heterocycles. The molecule has 1 aromatic rings.